The average molecular weight is 330 g/mol. The Morgan fingerprint density at radius 2 is 2.05 bits per heavy atom. The van der Waals surface area contributed by atoms with Crippen LogP contribution in [0.3, 0.4) is 0 Å². The molecule has 2 aromatic rings. The van der Waals surface area contributed by atoms with Gasteiger partial charge in [-0.1, -0.05) is 25.2 Å². The SMILES string of the molecule is Cc1oc(C)c(S(=O)(=O)Nc2nncs2)c1CNC(C)C. The van der Waals surface area contributed by atoms with Crippen LogP contribution in [0.1, 0.15) is 30.9 Å². The van der Waals surface area contributed by atoms with E-state index in [0.717, 1.165) is 11.3 Å². The van der Waals surface area contributed by atoms with Gasteiger partial charge in [-0.05, 0) is 13.8 Å². The fourth-order valence-electron chi connectivity index (χ4n) is 1.96. The quantitative estimate of drug-likeness (QED) is 0.841. The molecule has 0 bridgehead atoms. The lowest BCUT2D eigenvalue weighted by Gasteiger charge is -2.10. The number of hydrogen-bond acceptors (Lipinski definition) is 7. The van der Waals surface area contributed by atoms with Crippen molar-refractivity contribution in [2.45, 2.75) is 45.2 Å². The molecule has 2 N–H and O–H groups in total. The minimum Gasteiger partial charge on any atom is -0.465 e. The van der Waals surface area contributed by atoms with Crippen molar-refractivity contribution in [3.05, 3.63) is 22.6 Å². The fraction of sp³-hybridized carbons (Fsp3) is 0.500. The molecule has 0 unspecified atom stereocenters. The molecular formula is C12H18N4O3S2. The predicted octanol–water partition coefficient (Wildman–Crippen LogP) is 2.05. The average Bonchev–Trinajstić information content (AvgIpc) is 2.94. The molecule has 2 heterocycles. The molecule has 0 saturated heterocycles. The number of furan rings is 1. The number of sulfonamides is 1. The Bertz CT molecular complexity index is 705. The molecule has 0 aromatic carbocycles. The van der Waals surface area contributed by atoms with Crippen LogP contribution in [0.25, 0.3) is 0 Å². The van der Waals surface area contributed by atoms with Crippen LogP contribution in [0, 0.1) is 13.8 Å². The normalized spacial score (nSPS) is 12.0. The molecule has 0 aliphatic rings. The number of aromatic nitrogens is 2. The van der Waals surface area contributed by atoms with E-state index in [0.29, 0.717) is 23.6 Å². The number of hydrogen-bond donors (Lipinski definition) is 2. The van der Waals surface area contributed by atoms with Crippen molar-refractivity contribution >= 4 is 26.5 Å². The fourth-order valence-corrected chi connectivity index (χ4v) is 4.10. The van der Waals surface area contributed by atoms with Crippen molar-refractivity contribution in [3.63, 3.8) is 0 Å². The van der Waals surface area contributed by atoms with Crippen molar-refractivity contribution < 1.29 is 12.8 Å². The van der Waals surface area contributed by atoms with E-state index >= 15 is 0 Å². The van der Waals surface area contributed by atoms with Gasteiger partial charge in [0.05, 0.1) is 0 Å². The van der Waals surface area contributed by atoms with Crippen molar-refractivity contribution in [2.24, 2.45) is 0 Å². The summed E-state index contributed by atoms with van der Waals surface area (Å²) < 4.78 is 33.0. The van der Waals surface area contributed by atoms with Gasteiger partial charge in [-0.15, -0.1) is 10.2 Å². The zero-order valence-corrected chi connectivity index (χ0v) is 13.9. The van der Waals surface area contributed by atoms with Gasteiger partial charge in [0.2, 0.25) is 5.13 Å². The van der Waals surface area contributed by atoms with Crippen molar-refractivity contribution in [2.75, 3.05) is 4.72 Å². The van der Waals surface area contributed by atoms with Gasteiger partial charge in [-0.3, -0.25) is 4.72 Å². The zero-order chi connectivity index (χ0) is 15.6. The Morgan fingerprint density at radius 3 is 2.62 bits per heavy atom. The zero-order valence-electron chi connectivity index (χ0n) is 12.3. The molecule has 21 heavy (non-hydrogen) atoms. The third-order valence-corrected chi connectivity index (χ3v) is 5.13. The summed E-state index contributed by atoms with van der Waals surface area (Å²) in [4.78, 5) is 0.170. The largest absolute Gasteiger partial charge is 0.465 e. The van der Waals surface area contributed by atoms with Crippen LogP contribution in [0.4, 0.5) is 5.13 Å². The highest BCUT2D eigenvalue weighted by atomic mass is 32.2. The van der Waals surface area contributed by atoms with Gasteiger partial charge in [-0.2, -0.15) is 0 Å². The summed E-state index contributed by atoms with van der Waals surface area (Å²) in [6.45, 7) is 7.81. The summed E-state index contributed by atoms with van der Waals surface area (Å²) in [5.41, 5.74) is 2.10. The second kappa shape index (κ2) is 6.12. The molecular weight excluding hydrogens is 312 g/mol. The summed E-state index contributed by atoms with van der Waals surface area (Å²) in [6.07, 6.45) is 0. The minimum absolute atomic E-state index is 0.170. The maximum atomic E-state index is 12.5. The van der Waals surface area contributed by atoms with Crippen molar-refractivity contribution in [3.8, 4) is 0 Å². The molecule has 2 aromatic heterocycles. The first-order valence-corrected chi connectivity index (χ1v) is 8.78. The lowest BCUT2D eigenvalue weighted by Crippen LogP contribution is -2.24. The van der Waals surface area contributed by atoms with Gasteiger partial charge >= 0.3 is 0 Å². The number of rotatable bonds is 6. The number of nitrogens with one attached hydrogen (secondary N) is 2. The lowest BCUT2D eigenvalue weighted by atomic mass is 10.2. The summed E-state index contributed by atoms with van der Waals surface area (Å²) in [6, 6.07) is 0.242. The predicted molar refractivity (Wildman–Crippen MR) is 80.9 cm³/mol. The number of nitrogens with zero attached hydrogens (tertiary/aromatic N) is 2. The highest BCUT2D eigenvalue weighted by Gasteiger charge is 2.27. The molecule has 0 spiro atoms. The Balaban J connectivity index is 2.37. The lowest BCUT2D eigenvalue weighted by molar-refractivity contribution is 0.492. The van der Waals surface area contributed by atoms with E-state index < -0.39 is 10.0 Å². The molecule has 0 radical (unpaired) electrons. The van der Waals surface area contributed by atoms with E-state index in [2.05, 4.69) is 20.2 Å². The van der Waals surface area contributed by atoms with Crippen LogP contribution in [-0.2, 0) is 16.6 Å². The van der Waals surface area contributed by atoms with E-state index in [1.165, 1.54) is 5.51 Å². The minimum atomic E-state index is -3.75. The van der Waals surface area contributed by atoms with Crippen molar-refractivity contribution in [1.82, 2.24) is 15.5 Å². The van der Waals surface area contributed by atoms with Gasteiger partial charge in [0, 0.05) is 18.2 Å². The molecule has 0 amide bonds. The van der Waals surface area contributed by atoms with Crippen LogP contribution >= 0.6 is 11.3 Å². The second-order valence-corrected chi connectivity index (χ2v) is 7.36. The molecule has 2 rings (SSSR count). The summed E-state index contributed by atoms with van der Waals surface area (Å²) >= 11 is 1.12. The van der Waals surface area contributed by atoms with Crippen LogP contribution in [0.15, 0.2) is 14.8 Å². The third kappa shape index (κ3) is 3.60. The molecule has 7 nitrogen and oxygen atoms in total. The van der Waals surface area contributed by atoms with Crippen LogP contribution in [0.5, 0.6) is 0 Å². The van der Waals surface area contributed by atoms with E-state index in [4.69, 9.17) is 4.42 Å². The van der Waals surface area contributed by atoms with E-state index in [1.54, 1.807) is 13.8 Å². The van der Waals surface area contributed by atoms with E-state index in [-0.39, 0.29) is 16.1 Å². The maximum absolute atomic E-state index is 12.5. The smallest absolute Gasteiger partial charge is 0.267 e. The second-order valence-electron chi connectivity index (χ2n) is 4.91. The highest BCUT2D eigenvalue weighted by molar-refractivity contribution is 7.93. The first-order chi connectivity index (χ1) is 9.81. The van der Waals surface area contributed by atoms with Gasteiger partial charge in [0.1, 0.15) is 21.9 Å². The van der Waals surface area contributed by atoms with Gasteiger partial charge < -0.3 is 9.73 Å². The standard InChI is InChI=1S/C12H18N4O3S2/c1-7(2)13-5-10-8(3)19-9(4)11(10)21(17,18)16-12-15-14-6-20-12/h6-7,13H,5H2,1-4H3,(H,15,16). The van der Waals surface area contributed by atoms with E-state index in [1.807, 2.05) is 13.8 Å². The highest BCUT2D eigenvalue weighted by Crippen LogP contribution is 2.28. The van der Waals surface area contributed by atoms with Crippen LogP contribution in [-0.4, -0.2) is 24.7 Å². The monoisotopic (exact) mass is 330 g/mol. The Labute approximate surface area is 127 Å². The van der Waals surface area contributed by atoms with Crippen molar-refractivity contribution in [1.29, 1.82) is 0 Å². The molecule has 116 valence electrons. The number of anilines is 1. The van der Waals surface area contributed by atoms with E-state index in [9.17, 15) is 8.42 Å². The van der Waals surface area contributed by atoms with Gasteiger partial charge in [0.25, 0.3) is 10.0 Å². The Hall–Kier alpha value is -1.45. The Morgan fingerprint density at radius 1 is 1.33 bits per heavy atom. The first kappa shape index (κ1) is 15.9. The van der Waals surface area contributed by atoms with Crippen LogP contribution in [0.2, 0.25) is 0 Å². The third-order valence-electron chi connectivity index (χ3n) is 2.86. The van der Waals surface area contributed by atoms with Crippen LogP contribution < -0.4 is 10.0 Å². The van der Waals surface area contributed by atoms with Gasteiger partial charge in [0.15, 0.2) is 0 Å². The maximum Gasteiger partial charge on any atom is 0.267 e. The molecule has 0 aliphatic heterocycles. The molecule has 9 heteroatoms. The Kier molecular flexibility index (Phi) is 4.64. The summed E-state index contributed by atoms with van der Waals surface area (Å²) in [5.74, 6) is 0.961. The molecule has 0 fully saturated rings. The topological polar surface area (TPSA) is 97.1 Å². The summed E-state index contributed by atoms with van der Waals surface area (Å²) in [7, 11) is -3.75. The first-order valence-electron chi connectivity index (χ1n) is 6.42. The molecule has 0 aliphatic carbocycles. The van der Waals surface area contributed by atoms with Gasteiger partial charge in [-0.25, -0.2) is 8.42 Å². The molecule has 0 atom stereocenters. The molecule has 0 saturated carbocycles. The summed E-state index contributed by atoms with van der Waals surface area (Å²) in [5, 5.41) is 10.8. The number of aryl methyl sites for hydroxylation is 2.